The second-order valence-electron chi connectivity index (χ2n) is 3.34. The Bertz CT molecular complexity index is 464. The molecular weight excluding hydrogens is 194 g/mol. The maximum absolute atomic E-state index is 13.0. The van der Waals surface area contributed by atoms with Crippen molar-refractivity contribution in [1.29, 1.82) is 0 Å². The van der Waals surface area contributed by atoms with Gasteiger partial charge in [0.2, 0.25) is 0 Å². The number of rotatable bonds is 2. The van der Waals surface area contributed by atoms with Crippen LogP contribution < -0.4 is 0 Å². The van der Waals surface area contributed by atoms with Crippen molar-refractivity contribution in [3.63, 3.8) is 0 Å². The molecule has 0 atom stereocenters. The van der Waals surface area contributed by atoms with E-state index in [1.165, 1.54) is 12.1 Å². The maximum atomic E-state index is 13.0. The molecule has 0 radical (unpaired) electrons. The minimum atomic E-state index is -0.497. The number of hydrogen-bond acceptors (Lipinski definition) is 0. The molecule has 2 heteroatoms. The predicted octanol–water partition coefficient (Wildman–Crippen LogP) is 3.96. The normalized spacial score (nSPS) is 10.3. The minimum Gasteiger partial charge on any atom is -0.246 e. The number of hydrogen-bond donors (Lipinski definition) is 0. The zero-order chi connectivity index (χ0) is 10.7. The van der Waals surface area contributed by atoms with Crippen LogP contribution in [0.3, 0.4) is 0 Å². The maximum Gasteiger partial charge on any atom is 0.123 e. The van der Waals surface area contributed by atoms with Crippen molar-refractivity contribution in [3.8, 4) is 11.1 Å². The van der Waals surface area contributed by atoms with Crippen LogP contribution in [0, 0.1) is 5.82 Å². The molecule has 15 heavy (non-hydrogen) atoms. The monoisotopic (exact) mass is 204 g/mol. The first-order valence-corrected chi connectivity index (χ1v) is 4.70. The van der Waals surface area contributed by atoms with Crippen LogP contribution >= 0.6 is 0 Å². The van der Waals surface area contributed by atoms with Crippen LogP contribution in [0.2, 0.25) is 0 Å². The van der Waals surface area contributed by atoms with Gasteiger partial charge in [-0.15, -0.1) is 0 Å². The van der Waals surface area contributed by atoms with Gasteiger partial charge >= 0.3 is 0 Å². The molecule has 0 bridgehead atoms. The highest BCUT2D eigenvalue weighted by molar-refractivity contribution is 5.64. The lowest BCUT2D eigenvalue weighted by Crippen LogP contribution is -1.83. The molecule has 0 aromatic heterocycles. The van der Waals surface area contributed by atoms with Gasteiger partial charge in [-0.05, 0) is 34.9 Å². The Morgan fingerprint density at radius 2 is 1.53 bits per heavy atom. The number of alkyl halides is 1. The lowest BCUT2D eigenvalue weighted by atomic mass is 10.0. The van der Waals surface area contributed by atoms with Gasteiger partial charge in [0, 0.05) is 0 Å². The molecule has 76 valence electrons. The molecule has 0 aliphatic rings. The van der Waals surface area contributed by atoms with Gasteiger partial charge in [0.1, 0.15) is 12.5 Å². The van der Waals surface area contributed by atoms with Crippen molar-refractivity contribution >= 4 is 0 Å². The van der Waals surface area contributed by atoms with Crippen LogP contribution in [0.15, 0.2) is 48.5 Å². The summed E-state index contributed by atoms with van der Waals surface area (Å²) in [6.45, 7) is -0.497. The topological polar surface area (TPSA) is 0 Å². The fraction of sp³-hybridized carbons (Fsp3) is 0.0769. The Morgan fingerprint density at radius 1 is 0.867 bits per heavy atom. The van der Waals surface area contributed by atoms with Gasteiger partial charge in [-0.3, -0.25) is 0 Å². The summed E-state index contributed by atoms with van der Waals surface area (Å²) in [6, 6.07) is 13.3. The summed E-state index contributed by atoms with van der Waals surface area (Å²) in [5.41, 5.74) is 2.21. The van der Waals surface area contributed by atoms with Gasteiger partial charge in [-0.2, -0.15) is 0 Å². The Labute approximate surface area is 87.2 Å². The summed E-state index contributed by atoms with van der Waals surface area (Å²) in [6.07, 6.45) is 0. The lowest BCUT2D eigenvalue weighted by Gasteiger charge is -2.03. The van der Waals surface area contributed by atoms with Crippen molar-refractivity contribution in [3.05, 3.63) is 59.9 Å². The highest BCUT2D eigenvalue weighted by Crippen LogP contribution is 2.21. The van der Waals surface area contributed by atoms with Crippen molar-refractivity contribution in [1.82, 2.24) is 0 Å². The molecule has 0 saturated carbocycles. The molecular formula is C13H10F2. The molecule has 2 aromatic rings. The summed E-state index contributed by atoms with van der Waals surface area (Å²) in [7, 11) is 0. The first kappa shape index (κ1) is 9.84. The summed E-state index contributed by atoms with van der Waals surface area (Å²) in [5.74, 6) is -0.279. The molecule has 2 rings (SSSR count). The van der Waals surface area contributed by atoms with Gasteiger partial charge in [0.15, 0.2) is 0 Å². The summed E-state index contributed by atoms with van der Waals surface area (Å²) in [5, 5.41) is 0. The highest BCUT2D eigenvalue weighted by atomic mass is 19.1. The summed E-state index contributed by atoms with van der Waals surface area (Å²) >= 11 is 0. The van der Waals surface area contributed by atoms with Crippen LogP contribution in [0.4, 0.5) is 8.78 Å². The fourth-order valence-corrected chi connectivity index (χ4v) is 1.50. The third kappa shape index (κ3) is 2.21. The molecule has 0 saturated heterocycles. The molecule has 0 spiro atoms. The Kier molecular flexibility index (Phi) is 2.77. The van der Waals surface area contributed by atoms with Crippen LogP contribution in [0.25, 0.3) is 11.1 Å². The molecule has 2 aromatic carbocycles. The van der Waals surface area contributed by atoms with E-state index in [2.05, 4.69) is 0 Å². The van der Waals surface area contributed by atoms with Gasteiger partial charge in [-0.25, -0.2) is 8.78 Å². The van der Waals surface area contributed by atoms with E-state index >= 15 is 0 Å². The van der Waals surface area contributed by atoms with E-state index < -0.39 is 6.67 Å². The van der Waals surface area contributed by atoms with Gasteiger partial charge in [0.05, 0.1) is 0 Å². The SMILES string of the molecule is FCc1cccc(-c2cccc(F)c2)c1. The number of halogens is 2. The van der Waals surface area contributed by atoms with E-state index in [1.54, 1.807) is 30.3 Å². The predicted molar refractivity (Wildman–Crippen MR) is 56.6 cm³/mol. The molecule has 0 fully saturated rings. The van der Waals surface area contributed by atoms with E-state index in [-0.39, 0.29) is 5.82 Å². The van der Waals surface area contributed by atoms with Crippen molar-refractivity contribution in [2.45, 2.75) is 6.67 Å². The Morgan fingerprint density at radius 3 is 2.20 bits per heavy atom. The molecule has 0 amide bonds. The average Bonchev–Trinajstić information content (AvgIpc) is 2.29. The van der Waals surface area contributed by atoms with E-state index in [9.17, 15) is 8.78 Å². The van der Waals surface area contributed by atoms with Gasteiger partial charge in [0.25, 0.3) is 0 Å². The first-order chi connectivity index (χ1) is 7.29. The third-order valence-electron chi connectivity index (χ3n) is 2.24. The van der Waals surface area contributed by atoms with Crippen LogP contribution in [-0.4, -0.2) is 0 Å². The number of benzene rings is 2. The van der Waals surface area contributed by atoms with E-state index in [1.807, 2.05) is 6.07 Å². The minimum absolute atomic E-state index is 0.279. The molecule has 0 nitrogen and oxygen atoms in total. The van der Waals surface area contributed by atoms with E-state index in [4.69, 9.17) is 0 Å². The molecule has 0 aliphatic heterocycles. The molecule has 0 unspecified atom stereocenters. The smallest absolute Gasteiger partial charge is 0.123 e. The Balaban J connectivity index is 2.44. The van der Waals surface area contributed by atoms with Crippen LogP contribution in [-0.2, 0) is 6.67 Å². The summed E-state index contributed by atoms with van der Waals surface area (Å²) in [4.78, 5) is 0. The molecule has 0 aliphatic carbocycles. The zero-order valence-electron chi connectivity index (χ0n) is 8.08. The fourth-order valence-electron chi connectivity index (χ4n) is 1.50. The highest BCUT2D eigenvalue weighted by Gasteiger charge is 2.00. The largest absolute Gasteiger partial charge is 0.246 e. The third-order valence-corrected chi connectivity index (χ3v) is 2.24. The summed E-state index contributed by atoms with van der Waals surface area (Å²) < 4.78 is 25.4. The van der Waals surface area contributed by atoms with E-state index in [0.29, 0.717) is 5.56 Å². The first-order valence-electron chi connectivity index (χ1n) is 4.70. The van der Waals surface area contributed by atoms with E-state index in [0.717, 1.165) is 11.1 Å². The van der Waals surface area contributed by atoms with Gasteiger partial charge < -0.3 is 0 Å². The standard InChI is InChI=1S/C13H10F2/c14-9-10-3-1-4-11(7-10)12-5-2-6-13(15)8-12/h1-8H,9H2. The lowest BCUT2D eigenvalue weighted by molar-refractivity contribution is 0.485. The van der Waals surface area contributed by atoms with Crippen LogP contribution in [0.1, 0.15) is 5.56 Å². The van der Waals surface area contributed by atoms with Crippen LogP contribution in [0.5, 0.6) is 0 Å². The van der Waals surface area contributed by atoms with Crippen molar-refractivity contribution < 1.29 is 8.78 Å². The second kappa shape index (κ2) is 4.22. The van der Waals surface area contributed by atoms with Crippen molar-refractivity contribution in [2.75, 3.05) is 0 Å². The second-order valence-corrected chi connectivity index (χ2v) is 3.34. The van der Waals surface area contributed by atoms with Gasteiger partial charge in [-0.1, -0.05) is 30.3 Å². The molecule has 0 heterocycles. The van der Waals surface area contributed by atoms with Crippen molar-refractivity contribution in [2.24, 2.45) is 0 Å². The zero-order valence-corrected chi connectivity index (χ0v) is 8.08. The molecule has 0 N–H and O–H groups in total. The average molecular weight is 204 g/mol. The Hall–Kier alpha value is -1.70. The quantitative estimate of drug-likeness (QED) is 0.694.